The van der Waals surface area contributed by atoms with E-state index in [-0.39, 0.29) is 0 Å². The van der Waals surface area contributed by atoms with Crippen LogP contribution in [0.4, 0.5) is 0 Å². The highest BCUT2D eigenvalue weighted by molar-refractivity contribution is 6.42. The number of pyridine rings is 1. The van der Waals surface area contributed by atoms with E-state index in [0.29, 0.717) is 5.02 Å². The van der Waals surface area contributed by atoms with Crippen molar-refractivity contribution >= 4 is 44.4 Å². The summed E-state index contributed by atoms with van der Waals surface area (Å²) < 4.78 is 5.79. The fourth-order valence-corrected chi connectivity index (χ4v) is 2.71. The summed E-state index contributed by atoms with van der Waals surface area (Å²) in [5, 5.41) is 3.71. The average Bonchev–Trinajstić information content (AvgIpc) is 2.77. The smallest absolute Gasteiger partial charge is 0.153 e. The molecule has 0 bridgehead atoms. The maximum Gasteiger partial charge on any atom is 0.153 e. The Bertz CT molecular complexity index is 895. The number of rotatable bonds is 0. The molecule has 3 heteroatoms. The van der Waals surface area contributed by atoms with Crippen LogP contribution in [0.1, 0.15) is 0 Å². The van der Waals surface area contributed by atoms with E-state index in [1.165, 1.54) is 0 Å². The van der Waals surface area contributed by atoms with E-state index in [0.717, 1.165) is 32.8 Å². The van der Waals surface area contributed by atoms with Crippen LogP contribution in [0.5, 0.6) is 0 Å². The molecule has 0 N–H and O–H groups in total. The largest absolute Gasteiger partial charge is 0.454 e. The van der Waals surface area contributed by atoms with E-state index >= 15 is 0 Å². The van der Waals surface area contributed by atoms with E-state index in [9.17, 15) is 0 Å². The molecule has 2 aromatic carbocycles. The van der Waals surface area contributed by atoms with Crippen molar-refractivity contribution in [1.29, 1.82) is 0 Å². The molecule has 2 heterocycles. The summed E-state index contributed by atoms with van der Waals surface area (Å²) in [4.78, 5) is 4.36. The van der Waals surface area contributed by atoms with E-state index in [1.807, 2.05) is 42.5 Å². The van der Waals surface area contributed by atoms with Gasteiger partial charge in [-0.15, -0.1) is 0 Å². The minimum Gasteiger partial charge on any atom is -0.454 e. The van der Waals surface area contributed by atoms with Gasteiger partial charge in [0.25, 0.3) is 0 Å². The standard InChI is InChI=1S/C15H8ClNO/c16-14-10-5-2-1-4-9(10)8-12-13(14)15-11(18-12)6-3-7-17-15/h1-8H. The lowest BCUT2D eigenvalue weighted by Gasteiger charge is -2.00. The van der Waals surface area contributed by atoms with E-state index < -0.39 is 0 Å². The maximum atomic E-state index is 6.49. The molecule has 4 aromatic rings. The second kappa shape index (κ2) is 3.47. The highest BCUT2D eigenvalue weighted by Crippen LogP contribution is 2.37. The van der Waals surface area contributed by atoms with Gasteiger partial charge in [0.1, 0.15) is 11.1 Å². The Morgan fingerprint density at radius 1 is 1.00 bits per heavy atom. The average molecular weight is 254 g/mol. The van der Waals surface area contributed by atoms with Gasteiger partial charge in [0, 0.05) is 11.6 Å². The predicted molar refractivity (Wildman–Crippen MR) is 74.0 cm³/mol. The van der Waals surface area contributed by atoms with Crippen LogP contribution in [0.3, 0.4) is 0 Å². The molecule has 0 saturated carbocycles. The molecule has 0 unspecified atom stereocenters. The van der Waals surface area contributed by atoms with Crippen LogP contribution < -0.4 is 0 Å². The van der Waals surface area contributed by atoms with Gasteiger partial charge in [0.05, 0.1) is 10.4 Å². The fraction of sp³-hybridized carbons (Fsp3) is 0. The Morgan fingerprint density at radius 3 is 2.83 bits per heavy atom. The summed E-state index contributed by atoms with van der Waals surface area (Å²) in [5.41, 5.74) is 2.38. The van der Waals surface area contributed by atoms with Crippen molar-refractivity contribution in [2.24, 2.45) is 0 Å². The molecule has 2 nitrogen and oxygen atoms in total. The summed E-state index contributed by atoms with van der Waals surface area (Å²) in [6.07, 6.45) is 1.75. The lowest BCUT2D eigenvalue weighted by atomic mass is 10.1. The van der Waals surface area contributed by atoms with Crippen LogP contribution in [0, 0.1) is 0 Å². The zero-order valence-corrected chi connectivity index (χ0v) is 10.1. The van der Waals surface area contributed by atoms with Crippen molar-refractivity contribution in [2.75, 3.05) is 0 Å². The molecule has 0 aliphatic carbocycles. The minimum atomic E-state index is 0.709. The van der Waals surface area contributed by atoms with Crippen molar-refractivity contribution < 1.29 is 4.42 Å². The monoisotopic (exact) mass is 253 g/mol. The first-order valence-corrected chi connectivity index (χ1v) is 6.07. The molecule has 0 saturated heterocycles. The van der Waals surface area contributed by atoms with E-state index in [4.69, 9.17) is 16.0 Å². The summed E-state index contributed by atoms with van der Waals surface area (Å²) in [5.74, 6) is 0. The third-order valence-electron chi connectivity index (χ3n) is 3.18. The lowest BCUT2D eigenvalue weighted by molar-refractivity contribution is 0.668. The summed E-state index contributed by atoms with van der Waals surface area (Å²) in [7, 11) is 0. The third kappa shape index (κ3) is 1.21. The van der Waals surface area contributed by atoms with Crippen molar-refractivity contribution in [3.8, 4) is 0 Å². The Labute approximate surface area is 108 Å². The van der Waals surface area contributed by atoms with Crippen LogP contribution in [0.25, 0.3) is 32.8 Å². The number of hydrogen-bond donors (Lipinski definition) is 0. The Hall–Kier alpha value is -2.06. The maximum absolute atomic E-state index is 6.49. The molecule has 86 valence electrons. The molecule has 0 amide bonds. The van der Waals surface area contributed by atoms with Crippen LogP contribution in [0.2, 0.25) is 5.02 Å². The predicted octanol–water partition coefficient (Wildman–Crippen LogP) is 4.79. The molecule has 0 fully saturated rings. The molecule has 0 aliphatic rings. The van der Waals surface area contributed by atoms with Gasteiger partial charge in [0.2, 0.25) is 0 Å². The normalized spacial score (nSPS) is 11.6. The highest BCUT2D eigenvalue weighted by atomic mass is 35.5. The fourth-order valence-electron chi connectivity index (χ4n) is 2.36. The van der Waals surface area contributed by atoms with Gasteiger partial charge in [-0.25, -0.2) is 0 Å². The number of aromatic nitrogens is 1. The number of halogens is 1. The van der Waals surface area contributed by atoms with Gasteiger partial charge in [-0.05, 0) is 23.6 Å². The van der Waals surface area contributed by atoms with Crippen LogP contribution in [0.15, 0.2) is 53.1 Å². The summed E-state index contributed by atoms with van der Waals surface area (Å²) >= 11 is 6.49. The molecule has 0 spiro atoms. The van der Waals surface area contributed by atoms with Gasteiger partial charge in [-0.3, -0.25) is 4.98 Å². The molecule has 0 atom stereocenters. The Kier molecular flexibility index (Phi) is 1.91. The highest BCUT2D eigenvalue weighted by Gasteiger charge is 2.13. The van der Waals surface area contributed by atoms with Gasteiger partial charge >= 0.3 is 0 Å². The SMILES string of the molecule is Clc1c2ccccc2cc2oc3cccnc3c12. The molecule has 0 radical (unpaired) electrons. The van der Waals surface area contributed by atoms with Crippen molar-refractivity contribution in [3.05, 3.63) is 53.7 Å². The number of furan rings is 1. The second-order valence-corrected chi connectivity index (χ2v) is 4.61. The van der Waals surface area contributed by atoms with E-state index in [1.54, 1.807) is 6.20 Å². The zero-order valence-electron chi connectivity index (χ0n) is 9.35. The first-order valence-electron chi connectivity index (χ1n) is 5.69. The summed E-state index contributed by atoms with van der Waals surface area (Å²) in [6, 6.07) is 13.8. The number of benzene rings is 2. The zero-order chi connectivity index (χ0) is 12.1. The van der Waals surface area contributed by atoms with Crippen molar-refractivity contribution in [1.82, 2.24) is 4.98 Å². The third-order valence-corrected chi connectivity index (χ3v) is 3.57. The second-order valence-electron chi connectivity index (χ2n) is 4.24. The number of nitrogens with zero attached hydrogens (tertiary/aromatic N) is 1. The van der Waals surface area contributed by atoms with Gasteiger partial charge in [0.15, 0.2) is 5.58 Å². The first kappa shape index (κ1) is 9.92. The van der Waals surface area contributed by atoms with E-state index in [2.05, 4.69) is 4.98 Å². The van der Waals surface area contributed by atoms with Crippen molar-refractivity contribution in [2.45, 2.75) is 0 Å². The van der Waals surface area contributed by atoms with Crippen LogP contribution in [-0.2, 0) is 0 Å². The van der Waals surface area contributed by atoms with Crippen molar-refractivity contribution in [3.63, 3.8) is 0 Å². The van der Waals surface area contributed by atoms with Crippen LogP contribution >= 0.6 is 11.6 Å². The molecule has 0 aliphatic heterocycles. The topological polar surface area (TPSA) is 26.0 Å². The van der Waals surface area contributed by atoms with Gasteiger partial charge < -0.3 is 4.42 Å². The number of fused-ring (bicyclic) bond motifs is 4. The Morgan fingerprint density at radius 2 is 1.89 bits per heavy atom. The molecule has 18 heavy (non-hydrogen) atoms. The lowest BCUT2D eigenvalue weighted by Crippen LogP contribution is -1.77. The molecule has 4 rings (SSSR count). The molecule has 2 aromatic heterocycles. The summed E-state index contributed by atoms with van der Waals surface area (Å²) in [6.45, 7) is 0. The number of hydrogen-bond acceptors (Lipinski definition) is 2. The van der Waals surface area contributed by atoms with Gasteiger partial charge in [-0.2, -0.15) is 0 Å². The molecular weight excluding hydrogens is 246 g/mol. The Balaban J connectivity index is 2.34. The first-order chi connectivity index (χ1) is 8.84. The van der Waals surface area contributed by atoms with Crippen LogP contribution in [-0.4, -0.2) is 4.98 Å². The van der Waals surface area contributed by atoms with Gasteiger partial charge in [-0.1, -0.05) is 35.9 Å². The quantitative estimate of drug-likeness (QED) is 0.450. The molecular formula is C15H8ClNO. The minimum absolute atomic E-state index is 0.709.